The third-order valence-electron chi connectivity index (χ3n) is 4.26. The van der Waals surface area contributed by atoms with Gasteiger partial charge in [0.1, 0.15) is 0 Å². The summed E-state index contributed by atoms with van der Waals surface area (Å²) >= 11 is 1.40. The molecule has 1 aromatic heterocycles. The van der Waals surface area contributed by atoms with Crippen LogP contribution >= 0.6 is 11.3 Å². The van der Waals surface area contributed by atoms with Crippen molar-refractivity contribution in [3.8, 4) is 0 Å². The molecule has 0 spiro atoms. The molecule has 5 heteroatoms. The Labute approximate surface area is 146 Å². The van der Waals surface area contributed by atoms with E-state index in [-0.39, 0.29) is 11.8 Å². The minimum Gasteiger partial charge on any atom is -0.339 e. The van der Waals surface area contributed by atoms with Gasteiger partial charge in [-0.1, -0.05) is 31.4 Å². The first-order valence-electron chi connectivity index (χ1n) is 8.48. The lowest BCUT2D eigenvalue weighted by atomic mass is 10.1. The van der Waals surface area contributed by atoms with Gasteiger partial charge in [-0.3, -0.25) is 9.59 Å². The maximum Gasteiger partial charge on any atom is 0.265 e. The highest BCUT2D eigenvalue weighted by molar-refractivity contribution is 7.12. The number of benzene rings is 1. The second-order valence-electron chi connectivity index (χ2n) is 6.07. The summed E-state index contributed by atoms with van der Waals surface area (Å²) in [5.74, 6) is -0.0787. The fraction of sp³-hybridized carbons (Fsp3) is 0.368. The Hall–Kier alpha value is -2.14. The fourth-order valence-corrected chi connectivity index (χ4v) is 3.58. The predicted molar refractivity (Wildman–Crippen MR) is 97.7 cm³/mol. The summed E-state index contributed by atoms with van der Waals surface area (Å²) in [6.45, 7) is 1.65. The van der Waals surface area contributed by atoms with Crippen LogP contribution in [0.3, 0.4) is 0 Å². The maximum absolute atomic E-state index is 12.7. The smallest absolute Gasteiger partial charge is 0.265 e. The van der Waals surface area contributed by atoms with Gasteiger partial charge in [-0.2, -0.15) is 0 Å². The fourth-order valence-electron chi connectivity index (χ4n) is 2.96. The molecule has 0 radical (unpaired) electrons. The van der Waals surface area contributed by atoms with Crippen LogP contribution in [0, 0.1) is 0 Å². The van der Waals surface area contributed by atoms with Crippen molar-refractivity contribution >= 4 is 28.8 Å². The molecule has 2 aromatic rings. The molecular formula is C19H22N2O2S. The number of anilines is 1. The van der Waals surface area contributed by atoms with E-state index < -0.39 is 0 Å². The number of thiophene rings is 1. The Kier molecular flexibility index (Phi) is 5.64. The number of nitrogens with zero attached hydrogens (tertiary/aromatic N) is 1. The van der Waals surface area contributed by atoms with Crippen molar-refractivity contribution in [2.24, 2.45) is 0 Å². The predicted octanol–water partition coefficient (Wildman–Crippen LogP) is 4.41. The second kappa shape index (κ2) is 8.11. The summed E-state index contributed by atoms with van der Waals surface area (Å²) in [5, 5.41) is 4.74. The average Bonchev–Trinajstić information content (AvgIpc) is 3.09. The van der Waals surface area contributed by atoms with E-state index in [0.29, 0.717) is 16.1 Å². The van der Waals surface area contributed by atoms with Crippen molar-refractivity contribution in [2.45, 2.75) is 32.1 Å². The third-order valence-corrected chi connectivity index (χ3v) is 5.12. The molecule has 0 unspecified atom stereocenters. The Morgan fingerprint density at radius 2 is 1.71 bits per heavy atom. The highest BCUT2D eigenvalue weighted by Crippen LogP contribution is 2.18. The zero-order chi connectivity index (χ0) is 16.8. The molecule has 0 bridgehead atoms. The van der Waals surface area contributed by atoms with Crippen LogP contribution in [-0.2, 0) is 0 Å². The molecular weight excluding hydrogens is 320 g/mol. The first-order chi connectivity index (χ1) is 11.7. The van der Waals surface area contributed by atoms with Gasteiger partial charge in [-0.05, 0) is 42.5 Å². The largest absolute Gasteiger partial charge is 0.339 e. The van der Waals surface area contributed by atoms with E-state index in [1.807, 2.05) is 34.5 Å². The lowest BCUT2D eigenvalue weighted by molar-refractivity contribution is 0.0742. The van der Waals surface area contributed by atoms with Gasteiger partial charge in [0.25, 0.3) is 11.8 Å². The molecule has 1 aliphatic rings. The summed E-state index contributed by atoms with van der Waals surface area (Å²) < 4.78 is 0. The first kappa shape index (κ1) is 16.7. The molecule has 24 heavy (non-hydrogen) atoms. The lowest BCUT2D eigenvalue weighted by Crippen LogP contribution is -2.33. The highest BCUT2D eigenvalue weighted by atomic mass is 32.1. The van der Waals surface area contributed by atoms with Crippen LogP contribution in [0.4, 0.5) is 5.69 Å². The third kappa shape index (κ3) is 4.23. The quantitative estimate of drug-likeness (QED) is 0.898. The summed E-state index contributed by atoms with van der Waals surface area (Å²) in [6.07, 6.45) is 5.80. The van der Waals surface area contributed by atoms with Crippen molar-refractivity contribution in [1.82, 2.24) is 4.90 Å². The number of likely N-dealkylation sites (tertiary alicyclic amines) is 1. The molecule has 126 valence electrons. The van der Waals surface area contributed by atoms with Crippen molar-refractivity contribution in [3.05, 3.63) is 52.2 Å². The van der Waals surface area contributed by atoms with E-state index in [4.69, 9.17) is 0 Å². The Bertz CT molecular complexity index is 689. The summed E-state index contributed by atoms with van der Waals surface area (Å²) in [4.78, 5) is 27.5. The zero-order valence-corrected chi connectivity index (χ0v) is 14.5. The molecule has 4 nitrogen and oxygen atoms in total. The van der Waals surface area contributed by atoms with E-state index in [9.17, 15) is 9.59 Å². The van der Waals surface area contributed by atoms with E-state index in [0.717, 1.165) is 25.9 Å². The Balaban J connectivity index is 1.69. The molecule has 1 aromatic carbocycles. The van der Waals surface area contributed by atoms with Gasteiger partial charge in [-0.15, -0.1) is 11.3 Å². The number of amides is 2. The van der Waals surface area contributed by atoms with Crippen LogP contribution < -0.4 is 5.32 Å². The van der Waals surface area contributed by atoms with Gasteiger partial charge < -0.3 is 10.2 Å². The van der Waals surface area contributed by atoms with E-state index in [1.165, 1.54) is 30.6 Å². The van der Waals surface area contributed by atoms with Crippen LogP contribution in [0.25, 0.3) is 0 Å². The molecule has 3 rings (SSSR count). The average molecular weight is 342 g/mol. The van der Waals surface area contributed by atoms with Crippen molar-refractivity contribution in [1.29, 1.82) is 0 Å². The topological polar surface area (TPSA) is 49.4 Å². The Morgan fingerprint density at radius 3 is 2.42 bits per heavy atom. The molecule has 2 heterocycles. The van der Waals surface area contributed by atoms with Crippen LogP contribution in [0.15, 0.2) is 41.8 Å². The maximum atomic E-state index is 12.7. The van der Waals surface area contributed by atoms with E-state index in [1.54, 1.807) is 12.1 Å². The molecule has 1 saturated heterocycles. The molecule has 0 atom stereocenters. The van der Waals surface area contributed by atoms with Crippen molar-refractivity contribution < 1.29 is 9.59 Å². The number of rotatable bonds is 3. The number of carbonyl (C=O) groups excluding carboxylic acids is 2. The van der Waals surface area contributed by atoms with Crippen LogP contribution in [0.5, 0.6) is 0 Å². The lowest BCUT2D eigenvalue weighted by Gasteiger charge is -2.25. The minimum absolute atomic E-state index is 0.0594. The number of nitrogens with one attached hydrogen (secondary N) is 1. The van der Waals surface area contributed by atoms with Gasteiger partial charge in [-0.25, -0.2) is 0 Å². The molecule has 0 saturated carbocycles. The van der Waals surface area contributed by atoms with Crippen molar-refractivity contribution in [3.63, 3.8) is 0 Å². The molecule has 0 aliphatic carbocycles. The summed E-state index contributed by atoms with van der Waals surface area (Å²) in [7, 11) is 0. The van der Waals surface area contributed by atoms with Gasteiger partial charge in [0, 0.05) is 24.3 Å². The normalized spacial score (nSPS) is 15.4. The van der Waals surface area contributed by atoms with Crippen molar-refractivity contribution in [2.75, 3.05) is 18.4 Å². The van der Waals surface area contributed by atoms with E-state index >= 15 is 0 Å². The second-order valence-corrected chi connectivity index (χ2v) is 7.02. The van der Waals surface area contributed by atoms with Crippen LogP contribution in [-0.4, -0.2) is 29.8 Å². The Morgan fingerprint density at radius 1 is 0.958 bits per heavy atom. The summed E-state index contributed by atoms with van der Waals surface area (Å²) in [6, 6.07) is 10.9. The monoisotopic (exact) mass is 342 g/mol. The van der Waals surface area contributed by atoms with E-state index in [2.05, 4.69) is 5.32 Å². The standard InChI is InChI=1S/C19H22N2O2S/c22-18(17-10-7-13-24-17)20-16-9-6-8-15(14-16)19(23)21-11-4-2-1-3-5-12-21/h6-10,13-14H,1-5,11-12H2,(H,20,22). The first-order valence-corrected chi connectivity index (χ1v) is 9.36. The molecule has 1 fully saturated rings. The number of hydrogen-bond donors (Lipinski definition) is 1. The van der Waals surface area contributed by atoms with Gasteiger partial charge in [0.05, 0.1) is 4.88 Å². The number of hydrogen-bond acceptors (Lipinski definition) is 3. The number of carbonyl (C=O) groups is 2. The molecule has 1 N–H and O–H groups in total. The highest BCUT2D eigenvalue weighted by Gasteiger charge is 2.17. The molecule has 2 amide bonds. The molecule has 1 aliphatic heterocycles. The van der Waals surface area contributed by atoms with Gasteiger partial charge in [0.2, 0.25) is 0 Å². The van der Waals surface area contributed by atoms with Crippen LogP contribution in [0.2, 0.25) is 0 Å². The van der Waals surface area contributed by atoms with Gasteiger partial charge in [0.15, 0.2) is 0 Å². The SMILES string of the molecule is O=C(Nc1cccc(C(=O)N2CCCCCCC2)c1)c1cccs1. The summed E-state index contributed by atoms with van der Waals surface area (Å²) in [5.41, 5.74) is 1.30. The van der Waals surface area contributed by atoms with Crippen LogP contribution in [0.1, 0.15) is 52.1 Å². The minimum atomic E-state index is -0.138. The zero-order valence-electron chi connectivity index (χ0n) is 13.7. The van der Waals surface area contributed by atoms with Gasteiger partial charge >= 0.3 is 0 Å².